The molecule has 1 rings (SSSR count). The second-order valence-electron chi connectivity index (χ2n) is 5.45. The van der Waals surface area contributed by atoms with Crippen molar-refractivity contribution < 1.29 is 8.42 Å². The van der Waals surface area contributed by atoms with Gasteiger partial charge in [0.25, 0.3) is 0 Å². The molecule has 4 nitrogen and oxygen atoms in total. The summed E-state index contributed by atoms with van der Waals surface area (Å²) in [5, 5.41) is 3.40. The molecule has 1 fully saturated rings. The minimum Gasteiger partial charge on any atom is -0.314 e. The second kappa shape index (κ2) is 6.16. The first-order valence-corrected chi connectivity index (χ1v) is 8.33. The molecule has 0 aliphatic carbocycles. The molecule has 0 bridgehead atoms. The van der Waals surface area contributed by atoms with Gasteiger partial charge in [-0.25, -0.2) is 8.42 Å². The number of sulfone groups is 1. The van der Waals surface area contributed by atoms with Crippen LogP contribution in [0, 0.1) is 0 Å². The van der Waals surface area contributed by atoms with E-state index in [1.807, 2.05) is 6.92 Å². The van der Waals surface area contributed by atoms with Crippen molar-refractivity contribution in [3.8, 4) is 0 Å². The lowest BCUT2D eigenvalue weighted by atomic mass is 10.1. The summed E-state index contributed by atoms with van der Waals surface area (Å²) in [4.78, 5) is 2.32. The molecular formula is C12H26N2O2S. The average Bonchev–Trinajstić information content (AvgIpc) is 2.14. The van der Waals surface area contributed by atoms with Gasteiger partial charge in [0.15, 0.2) is 9.84 Å². The number of hydrogen-bond donors (Lipinski definition) is 1. The molecule has 0 radical (unpaired) electrons. The number of nitrogens with zero attached hydrogens (tertiary/aromatic N) is 1. The third kappa shape index (κ3) is 4.94. The Kier molecular flexibility index (Phi) is 5.41. The second-order valence-corrected chi connectivity index (χ2v) is 7.68. The van der Waals surface area contributed by atoms with Crippen LogP contribution in [0.4, 0.5) is 0 Å². The molecule has 1 N–H and O–H groups in total. The highest BCUT2D eigenvalue weighted by atomic mass is 32.2. The van der Waals surface area contributed by atoms with Crippen molar-refractivity contribution in [2.24, 2.45) is 0 Å². The van der Waals surface area contributed by atoms with Crippen LogP contribution in [-0.4, -0.2) is 56.0 Å². The van der Waals surface area contributed by atoms with Crippen LogP contribution in [0.15, 0.2) is 0 Å². The predicted molar refractivity (Wildman–Crippen MR) is 72.0 cm³/mol. The maximum absolute atomic E-state index is 11.5. The van der Waals surface area contributed by atoms with Gasteiger partial charge in [-0.15, -0.1) is 0 Å². The molecule has 1 aliphatic heterocycles. The fraction of sp³-hybridized carbons (Fsp3) is 1.00. The SMILES string of the molecule is CC(C)NCCC(C)N1CCS(=O)(=O)CC1C. The Balaban J connectivity index is 2.39. The van der Waals surface area contributed by atoms with Crippen LogP contribution in [0.3, 0.4) is 0 Å². The highest BCUT2D eigenvalue weighted by Gasteiger charge is 2.30. The predicted octanol–water partition coefficient (Wildman–Crippen LogP) is 0.882. The summed E-state index contributed by atoms with van der Waals surface area (Å²) in [5.41, 5.74) is 0. The maximum Gasteiger partial charge on any atom is 0.153 e. The summed E-state index contributed by atoms with van der Waals surface area (Å²) in [6, 6.07) is 1.12. The standard InChI is InChI=1S/C12H26N2O2S/c1-10(2)13-6-5-11(3)14-7-8-17(15,16)9-12(14)4/h10-13H,5-9H2,1-4H3. The Hall–Kier alpha value is -0.130. The highest BCUT2D eigenvalue weighted by molar-refractivity contribution is 7.91. The molecule has 1 aliphatic rings. The molecule has 1 saturated heterocycles. The Morgan fingerprint density at radius 1 is 1.35 bits per heavy atom. The first kappa shape index (κ1) is 14.9. The molecule has 1 heterocycles. The van der Waals surface area contributed by atoms with Gasteiger partial charge in [0.2, 0.25) is 0 Å². The zero-order valence-corrected chi connectivity index (χ0v) is 12.3. The molecule has 0 aromatic carbocycles. The van der Waals surface area contributed by atoms with Gasteiger partial charge in [-0.3, -0.25) is 4.90 Å². The first-order valence-electron chi connectivity index (χ1n) is 6.51. The zero-order chi connectivity index (χ0) is 13.1. The van der Waals surface area contributed by atoms with E-state index in [9.17, 15) is 8.42 Å². The van der Waals surface area contributed by atoms with Gasteiger partial charge in [-0.05, 0) is 26.8 Å². The minimum absolute atomic E-state index is 0.155. The van der Waals surface area contributed by atoms with E-state index in [4.69, 9.17) is 0 Å². The number of rotatable bonds is 5. The Morgan fingerprint density at radius 2 is 2.00 bits per heavy atom. The van der Waals surface area contributed by atoms with Crippen LogP contribution in [0.25, 0.3) is 0 Å². The third-order valence-corrected chi connectivity index (χ3v) is 5.20. The fourth-order valence-corrected chi connectivity index (χ4v) is 4.00. The van der Waals surface area contributed by atoms with Crippen molar-refractivity contribution in [3.05, 3.63) is 0 Å². The van der Waals surface area contributed by atoms with E-state index in [2.05, 4.69) is 31.0 Å². The third-order valence-electron chi connectivity index (χ3n) is 3.40. The average molecular weight is 262 g/mol. The van der Waals surface area contributed by atoms with Gasteiger partial charge in [-0.2, -0.15) is 0 Å². The van der Waals surface area contributed by atoms with Crippen LogP contribution in [-0.2, 0) is 9.84 Å². The molecule has 0 amide bonds. The van der Waals surface area contributed by atoms with Crippen LogP contribution < -0.4 is 5.32 Å². The zero-order valence-electron chi connectivity index (χ0n) is 11.4. The largest absolute Gasteiger partial charge is 0.314 e. The van der Waals surface area contributed by atoms with E-state index in [1.54, 1.807) is 0 Å². The molecule has 0 aromatic rings. The van der Waals surface area contributed by atoms with Crippen LogP contribution in [0.1, 0.15) is 34.1 Å². The molecule has 5 heteroatoms. The Labute approximate surface area is 106 Å². The van der Waals surface area contributed by atoms with Crippen molar-refractivity contribution in [1.82, 2.24) is 10.2 Å². The molecule has 0 aromatic heterocycles. The van der Waals surface area contributed by atoms with Gasteiger partial charge in [0, 0.05) is 24.7 Å². The van der Waals surface area contributed by atoms with Crippen LogP contribution in [0.5, 0.6) is 0 Å². The number of nitrogens with one attached hydrogen (secondary N) is 1. The van der Waals surface area contributed by atoms with Gasteiger partial charge in [0.1, 0.15) is 0 Å². The topological polar surface area (TPSA) is 49.4 Å². The number of hydrogen-bond acceptors (Lipinski definition) is 4. The lowest BCUT2D eigenvalue weighted by Crippen LogP contribution is -2.51. The molecule has 0 spiro atoms. The summed E-state index contributed by atoms with van der Waals surface area (Å²) < 4.78 is 23.0. The smallest absolute Gasteiger partial charge is 0.153 e. The molecule has 2 atom stereocenters. The normalized spacial score (nSPS) is 27.2. The molecular weight excluding hydrogens is 236 g/mol. The highest BCUT2D eigenvalue weighted by Crippen LogP contribution is 2.16. The van der Waals surface area contributed by atoms with E-state index in [0.717, 1.165) is 13.0 Å². The van der Waals surface area contributed by atoms with Crippen LogP contribution in [0.2, 0.25) is 0 Å². The van der Waals surface area contributed by atoms with Gasteiger partial charge < -0.3 is 5.32 Å². The van der Waals surface area contributed by atoms with E-state index in [1.165, 1.54) is 0 Å². The molecule has 102 valence electrons. The van der Waals surface area contributed by atoms with Gasteiger partial charge in [-0.1, -0.05) is 13.8 Å². The van der Waals surface area contributed by atoms with Gasteiger partial charge >= 0.3 is 0 Å². The van der Waals surface area contributed by atoms with Crippen molar-refractivity contribution >= 4 is 9.84 Å². The summed E-state index contributed by atoms with van der Waals surface area (Å²) in [7, 11) is -2.79. The minimum atomic E-state index is -2.79. The lowest BCUT2D eigenvalue weighted by Gasteiger charge is -2.37. The first-order chi connectivity index (χ1) is 7.82. The van der Waals surface area contributed by atoms with Crippen molar-refractivity contribution in [2.45, 2.75) is 52.2 Å². The van der Waals surface area contributed by atoms with Crippen LogP contribution >= 0.6 is 0 Å². The quantitative estimate of drug-likeness (QED) is 0.799. The van der Waals surface area contributed by atoms with Crippen molar-refractivity contribution in [3.63, 3.8) is 0 Å². The Morgan fingerprint density at radius 3 is 2.53 bits per heavy atom. The molecule has 17 heavy (non-hydrogen) atoms. The summed E-state index contributed by atoms with van der Waals surface area (Å²) in [6.45, 7) is 10.2. The van der Waals surface area contributed by atoms with Gasteiger partial charge in [0.05, 0.1) is 11.5 Å². The van der Waals surface area contributed by atoms with E-state index in [0.29, 0.717) is 30.1 Å². The van der Waals surface area contributed by atoms with Crippen molar-refractivity contribution in [2.75, 3.05) is 24.6 Å². The summed E-state index contributed by atoms with van der Waals surface area (Å²) >= 11 is 0. The van der Waals surface area contributed by atoms with E-state index >= 15 is 0 Å². The Bertz CT molecular complexity index is 327. The fourth-order valence-electron chi connectivity index (χ4n) is 2.41. The maximum atomic E-state index is 11.5. The van der Waals surface area contributed by atoms with E-state index < -0.39 is 9.84 Å². The van der Waals surface area contributed by atoms with Crippen molar-refractivity contribution in [1.29, 1.82) is 0 Å². The molecule has 2 unspecified atom stereocenters. The van der Waals surface area contributed by atoms with E-state index in [-0.39, 0.29) is 6.04 Å². The monoisotopic (exact) mass is 262 g/mol. The molecule has 0 saturated carbocycles. The summed E-state index contributed by atoms with van der Waals surface area (Å²) in [6.07, 6.45) is 1.07. The lowest BCUT2D eigenvalue weighted by molar-refractivity contribution is 0.160. The summed E-state index contributed by atoms with van der Waals surface area (Å²) in [5.74, 6) is 0.633.